The highest BCUT2D eigenvalue weighted by atomic mass is 16.1. The summed E-state index contributed by atoms with van der Waals surface area (Å²) in [7, 11) is 0. The van der Waals surface area contributed by atoms with Crippen LogP contribution in [0.1, 0.15) is 36.4 Å². The highest BCUT2D eigenvalue weighted by molar-refractivity contribution is 5.73. The van der Waals surface area contributed by atoms with Crippen molar-refractivity contribution >= 4 is 5.91 Å². The Kier molecular flexibility index (Phi) is 5.91. The molecule has 0 aliphatic heterocycles. The average Bonchev–Trinajstić information content (AvgIpc) is 2.52. The van der Waals surface area contributed by atoms with E-state index in [2.05, 4.69) is 22.4 Å². The summed E-state index contributed by atoms with van der Waals surface area (Å²) in [5.41, 5.74) is 7.56. The number of hydrogen-bond acceptors (Lipinski definition) is 3. The normalized spacial score (nSPS) is 12.0. The number of carbonyl (C=O) groups excluding carboxylic acids is 1. The van der Waals surface area contributed by atoms with Crippen molar-refractivity contribution in [3.8, 4) is 0 Å². The molecule has 0 bridgehead atoms. The van der Waals surface area contributed by atoms with E-state index in [9.17, 15) is 4.79 Å². The van der Waals surface area contributed by atoms with Gasteiger partial charge in [-0.15, -0.1) is 0 Å². The minimum Gasteiger partial charge on any atom is -0.370 e. The molecule has 2 rings (SSSR count). The third-order valence-electron chi connectivity index (χ3n) is 3.37. The first-order valence-corrected chi connectivity index (χ1v) is 7.24. The number of unbranched alkanes of at least 4 members (excludes halogenated alkanes) is 1. The number of nitrogens with two attached hydrogens (primary N) is 1. The second-order valence-corrected chi connectivity index (χ2v) is 5.00. The van der Waals surface area contributed by atoms with E-state index in [4.69, 9.17) is 5.73 Å². The predicted molar refractivity (Wildman–Crippen MR) is 83.6 cm³/mol. The number of carbonyl (C=O) groups is 1. The average molecular weight is 283 g/mol. The Balaban J connectivity index is 1.99. The zero-order chi connectivity index (χ0) is 14.9. The van der Waals surface area contributed by atoms with Crippen LogP contribution < -0.4 is 11.1 Å². The Labute approximate surface area is 125 Å². The standard InChI is InChI=1S/C17H21N3O/c18-16(21)8-4-5-11-20-17(14-6-2-1-3-7-14)15-9-12-19-13-10-15/h1-3,6-7,9-10,12-13,17,20H,4-5,8,11H2,(H2,18,21). The monoisotopic (exact) mass is 283 g/mol. The number of benzene rings is 1. The Hall–Kier alpha value is -2.20. The summed E-state index contributed by atoms with van der Waals surface area (Å²) < 4.78 is 0. The smallest absolute Gasteiger partial charge is 0.217 e. The molecular formula is C17H21N3O. The second kappa shape index (κ2) is 8.17. The van der Waals surface area contributed by atoms with Crippen molar-refractivity contribution in [3.05, 3.63) is 66.0 Å². The van der Waals surface area contributed by atoms with Crippen LogP contribution in [0.15, 0.2) is 54.9 Å². The zero-order valence-electron chi connectivity index (χ0n) is 12.0. The predicted octanol–water partition coefficient (Wildman–Crippen LogP) is 2.42. The van der Waals surface area contributed by atoms with Crippen LogP contribution >= 0.6 is 0 Å². The summed E-state index contributed by atoms with van der Waals surface area (Å²) in [5.74, 6) is -0.233. The summed E-state index contributed by atoms with van der Waals surface area (Å²) in [5, 5.41) is 3.55. The quantitative estimate of drug-likeness (QED) is 0.731. The van der Waals surface area contributed by atoms with Gasteiger partial charge in [-0.1, -0.05) is 30.3 Å². The topological polar surface area (TPSA) is 68.0 Å². The van der Waals surface area contributed by atoms with Gasteiger partial charge >= 0.3 is 0 Å². The van der Waals surface area contributed by atoms with Crippen molar-refractivity contribution < 1.29 is 4.79 Å². The maximum absolute atomic E-state index is 10.7. The summed E-state index contributed by atoms with van der Waals surface area (Å²) in [6, 6.07) is 14.5. The lowest BCUT2D eigenvalue weighted by atomic mass is 9.99. The summed E-state index contributed by atoms with van der Waals surface area (Å²) in [4.78, 5) is 14.8. The molecule has 0 saturated carbocycles. The molecule has 0 fully saturated rings. The molecule has 0 radical (unpaired) electrons. The number of nitrogens with zero attached hydrogens (tertiary/aromatic N) is 1. The van der Waals surface area contributed by atoms with Gasteiger partial charge in [-0.2, -0.15) is 0 Å². The first kappa shape index (κ1) is 15.2. The fraction of sp³-hybridized carbons (Fsp3) is 0.294. The van der Waals surface area contributed by atoms with E-state index < -0.39 is 0 Å². The van der Waals surface area contributed by atoms with Gasteiger partial charge in [0.2, 0.25) is 5.91 Å². The number of hydrogen-bond donors (Lipinski definition) is 2. The second-order valence-electron chi connectivity index (χ2n) is 5.00. The molecule has 0 aliphatic carbocycles. The highest BCUT2D eigenvalue weighted by Gasteiger charge is 2.12. The Morgan fingerprint density at radius 3 is 2.38 bits per heavy atom. The number of rotatable bonds is 8. The minimum absolute atomic E-state index is 0.141. The fourth-order valence-corrected chi connectivity index (χ4v) is 2.30. The molecule has 2 aromatic rings. The SMILES string of the molecule is NC(=O)CCCCNC(c1ccccc1)c1ccncc1. The van der Waals surface area contributed by atoms with Gasteiger partial charge in [0.05, 0.1) is 6.04 Å². The van der Waals surface area contributed by atoms with E-state index in [1.165, 1.54) is 11.1 Å². The lowest BCUT2D eigenvalue weighted by Gasteiger charge is -2.19. The van der Waals surface area contributed by atoms with Crippen LogP contribution in [0.4, 0.5) is 0 Å². The van der Waals surface area contributed by atoms with E-state index in [0.29, 0.717) is 6.42 Å². The molecule has 1 amide bonds. The number of pyridine rings is 1. The van der Waals surface area contributed by atoms with Crippen LogP contribution in [0.2, 0.25) is 0 Å². The van der Waals surface area contributed by atoms with Crippen molar-refractivity contribution in [3.63, 3.8) is 0 Å². The van der Waals surface area contributed by atoms with Gasteiger partial charge in [0.25, 0.3) is 0 Å². The summed E-state index contributed by atoms with van der Waals surface area (Å²) in [6.07, 6.45) is 5.81. The van der Waals surface area contributed by atoms with Gasteiger partial charge in [-0.3, -0.25) is 9.78 Å². The number of nitrogens with one attached hydrogen (secondary N) is 1. The van der Waals surface area contributed by atoms with E-state index in [0.717, 1.165) is 19.4 Å². The van der Waals surface area contributed by atoms with Crippen molar-refractivity contribution in [1.29, 1.82) is 0 Å². The first-order chi connectivity index (χ1) is 10.3. The molecule has 1 unspecified atom stereocenters. The van der Waals surface area contributed by atoms with Gasteiger partial charge in [0.1, 0.15) is 0 Å². The molecule has 1 heterocycles. The first-order valence-electron chi connectivity index (χ1n) is 7.24. The molecule has 3 N–H and O–H groups in total. The molecule has 1 aromatic heterocycles. The van der Waals surface area contributed by atoms with Crippen molar-refractivity contribution in [2.24, 2.45) is 5.73 Å². The maximum atomic E-state index is 10.7. The number of aromatic nitrogens is 1. The van der Waals surface area contributed by atoms with Crippen LogP contribution in [0, 0.1) is 0 Å². The number of amides is 1. The van der Waals surface area contributed by atoms with Crippen molar-refractivity contribution in [2.75, 3.05) is 6.54 Å². The Bertz CT molecular complexity index is 503. The van der Waals surface area contributed by atoms with E-state index in [1.54, 1.807) is 12.4 Å². The summed E-state index contributed by atoms with van der Waals surface area (Å²) >= 11 is 0. The van der Waals surface area contributed by atoms with Crippen molar-refractivity contribution in [1.82, 2.24) is 10.3 Å². The van der Waals surface area contributed by atoms with Crippen LogP contribution in [-0.4, -0.2) is 17.4 Å². The Morgan fingerprint density at radius 1 is 1.05 bits per heavy atom. The third kappa shape index (κ3) is 5.00. The maximum Gasteiger partial charge on any atom is 0.217 e. The van der Waals surface area contributed by atoms with Crippen molar-refractivity contribution in [2.45, 2.75) is 25.3 Å². The fourth-order valence-electron chi connectivity index (χ4n) is 2.30. The zero-order valence-corrected chi connectivity index (χ0v) is 12.0. The van der Waals surface area contributed by atoms with E-state index >= 15 is 0 Å². The molecular weight excluding hydrogens is 262 g/mol. The van der Waals surface area contributed by atoms with Gasteiger partial charge < -0.3 is 11.1 Å². The van der Waals surface area contributed by atoms with Crippen LogP contribution in [0.3, 0.4) is 0 Å². The van der Waals surface area contributed by atoms with Gasteiger partial charge in [0, 0.05) is 18.8 Å². The molecule has 1 atom stereocenters. The summed E-state index contributed by atoms with van der Waals surface area (Å²) in [6.45, 7) is 0.842. The molecule has 21 heavy (non-hydrogen) atoms. The van der Waals surface area contributed by atoms with Gasteiger partial charge in [-0.25, -0.2) is 0 Å². The largest absolute Gasteiger partial charge is 0.370 e. The molecule has 0 spiro atoms. The lowest BCUT2D eigenvalue weighted by Crippen LogP contribution is -2.24. The van der Waals surface area contributed by atoms with Crippen LogP contribution in [0.25, 0.3) is 0 Å². The molecule has 110 valence electrons. The lowest BCUT2D eigenvalue weighted by molar-refractivity contribution is -0.118. The van der Waals surface area contributed by atoms with Crippen LogP contribution in [-0.2, 0) is 4.79 Å². The molecule has 0 saturated heterocycles. The highest BCUT2D eigenvalue weighted by Crippen LogP contribution is 2.21. The molecule has 0 aliphatic rings. The van der Waals surface area contributed by atoms with E-state index in [1.807, 2.05) is 30.3 Å². The molecule has 4 nitrogen and oxygen atoms in total. The molecule has 1 aromatic carbocycles. The van der Waals surface area contributed by atoms with Gasteiger partial charge in [-0.05, 0) is 42.6 Å². The Morgan fingerprint density at radius 2 is 1.71 bits per heavy atom. The number of primary amides is 1. The van der Waals surface area contributed by atoms with E-state index in [-0.39, 0.29) is 11.9 Å². The minimum atomic E-state index is -0.233. The van der Waals surface area contributed by atoms with Gasteiger partial charge in [0.15, 0.2) is 0 Å². The molecule has 4 heteroatoms. The van der Waals surface area contributed by atoms with Crippen LogP contribution in [0.5, 0.6) is 0 Å². The third-order valence-corrected chi connectivity index (χ3v) is 3.37.